The third-order valence-electron chi connectivity index (χ3n) is 3.11. The fourth-order valence-electron chi connectivity index (χ4n) is 1.97. The van der Waals surface area contributed by atoms with E-state index < -0.39 is 11.9 Å². The molecule has 0 aromatic heterocycles. The van der Waals surface area contributed by atoms with Crippen LogP contribution in [-0.4, -0.2) is 22.2 Å². The van der Waals surface area contributed by atoms with Crippen molar-refractivity contribution in [1.29, 1.82) is 0 Å². The molecule has 2 aromatic rings. The monoisotopic (exact) mass is 345 g/mol. The van der Waals surface area contributed by atoms with Crippen molar-refractivity contribution in [3.05, 3.63) is 70.8 Å². The SMILES string of the molecule is O=C([O-])c1ccc(CN(O)Cc2ccc(C(=O)[O-])cc2)cc1.[Na+].[Na+]. The summed E-state index contributed by atoms with van der Waals surface area (Å²) < 4.78 is 0. The number of hydroxylamine groups is 2. The van der Waals surface area contributed by atoms with Gasteiger partial charge in [0.1, 0.15) is 0 Å². The molecule has 0 unspecified atom stereocenters. The number of nitrogens with zero attached hydrogens (tertiary/aromatic N) is 1. The molecule has 0 fully saturated rings. The van der Waals surface area contributed by atoms with E-state index in [0.717, 1.165) is 16.2 Å². The maximum absolute atomic E-state index is 10.6. The Morgan fingerprint density at radius 1 is 0.750 bits per heavy atom. The second-order valence-electron chi connectivity index (χ2n) is 4.79. The summed E-state index contributed by atoms with van der Waals surface area (Å²) >= 11 is 0. The van der Waals surface area contributed by atoms with Gasteiger partial charge in [0.05, 0.1) is 11.9 Å². The molecule has 2 rings (SSSR count). The molecule has 0 radical (unpaired) electrons. The van der Waals surface area contributed by atoms with Gasteiger partial charge in [0.2, 0.25) is 0 Å². The maximum atomic E-state index is 10.6. The Morgan fingerprint density at radius 3 is 1.29 bits per heavy atom. The summed E-state index contributed by atoms with van der Waals surface area (Å²) in [5.74, 6) is -2.50. The zero-order valence-electron chi connectivity index (χ0n) is 13.6. The van der Waals surface area contributed by atoms with Gasteiger partial charge >= 0.3 is 59.1 Å². The van der Waals surface area contributed by atoms with Crippen molar-refractivity contribution in [3.8, 4) is 0 Å². The van der Waals surface area contributed by atoms with Gasteiger partial charge in [-0.1, -0.05) is 48.5 Å². The zero-order chi connectivity index (χ0) is 16.1. The minimum absolute atomic E-state index is 0. The van der Waals surface area contributed by atoms with Crippen molar-refractivity contribution in [2.24, 2.45) is 0 Å². The van der Waals surface area contributed by atoms with E-state index in [-0.39, 0.29) is 83.3 Å². The van der Waals surface area contributed by atoms with Gasteiger partial charge in [-0.25, -0.2) is 0 Å². The summed E-state index contributed by atoms with van der Waals surface area (Å²) in [6.07, 6.45) is 0. The summed E-state index contributed by atoms with van der Waals surface area (Å²) in [6, 6.07) is 12.0. The summed E-state index contributed by atoms with van der Waals surface area (Å²) in [4.78, 5) is 21.3. The Morgan fingerprint density at radius 2 is 1.04 bits per heavy atom. The zero-order valence-corrected chi connectivity index (χ0v) is 17.6. The molecular weight excluding hydrogens is 332 g/mol. The largest absolute Gasteiger partial charge is 1.00 e. The molecule has 0 aliphatic heterocycles. The average Bonchev–Trinajstić information content (AvgIpc) is 2.48. The van der Waals surface area contributed by atoms with Crippen LogP contribution in [0.15, 0.2) is 48.5 Å². The Kier molecular flexibility index (Phi) is 10.7. The van der Waals surface area contributed by atoms with E-state index >= 15 is 0 Å². The molecule has 0 atom stereocenters. The molecule has 0 amide bonds. The predicted molar refractivity (Wildman–Crippen MR) is 72.6 cm³/mol. The molecule has 114 valence electrons. The standard InChI is InChI=1S/C16H15NO5.2Na/c18-15(19)13-5-1-11(2-6-13)9-17(22)10-12-3-7-14(8-4-12)16(20)21;;/h1-8,22H,9-10H2,(H,18,19)(H,20,21);;/q;2*+1/p-2. The van der Waals surface area contributed by atoms with Crippen LogP contribution in [0.1, 0.15) is 31.8 Å². The molecule has 0 bridgehead atoms. The number of benzene rings is 2. The summed E-state index contributed by atoms with van der Waals surface area (Å²) in [5.41, 5.74) is 1.62. The number of hydrogen-bond acceptors (Lipinski definition) is 6. The van der Waals surface area contributed by atoms with E-state index in [1.165, 1.54) is 24.3 Å². The molecule has 24 heavy (non-hydrogen) atoms. The number of hydrogen-bond donors (Lipinski definition) is 1. The van der Waals surface area contributed by atoms with Crippen molar-refractivity contribution >= 4 is 11.9 Å². The van der Waals surface area contributed by atoms with Crippen LogP contribution in [0.2, 0.25) is 0 Å². The van der Waals surface area contributed by atoms with E-state index in [2.05, 4.69) is 0 Å². The molecule has 1 N–H and O–H groups in total. The second-order valence-corrected chi connectivity index (χ2v) is 4.79. The first kappa shape index (κ1) is 23.3. The van der Waals surface area contributed by atoms with Crippen LogP contribution in [0.5, 0.6) is 0 Å². The molecule has 0 heterocycles. The van der Waals surface area contributed by atoms with E-state index in [9.17, 15) is 25.0 Å². The second kappa shape index (κ2) is 11.0. The van der Waals surface area contributed by atoms with Crippen molar-refractivity contribution < 1.29 is 84.1 Å². The Hall–Kier alpha value is -0.700. The molecule has 0 saturated heterocycles. The topological polar surface area (TPSA) is 104 Å². The molecule has 6 nitrogen and oxygen atoms in total. The number of carboxylic acid groups (broad SMARTS) is 2. The minimum Gasteiger partial charge on any atom is -0.545 e. The van der Waals surface area contributed by atoms with Crippen LogP contribution in [0.4, 0.5) is 0 Å². The summed E-state index contributed by atoms with van der Waals surface area (Å²) in [5, 5.41) is 32.2. The van der Waals surface area contributed by atoms with Crippen molar-refractivity contribution in [1.82, 2.24) is 5.06 Å². The van der Waals surface area contributed by atoms with Crippen molar-refractivity contribution in [2.45, 2.75) is 13.1 Å². The minimum atomic E-state index is -1.25. The Bertz CT molecular complexity index is 614. The predicted octanol–water partition coefficient (Wildman–Crippen LogP) is -6.19. The summed E-state index contributed by atoms with van der Waals surface area (Å²) in [7, 11) is 0. The van der Waals surface area contributed by atoms with Gasteiger partial charge in [0.25, 0.3) is 0 Å². The molecule has 0 aliphatic rings. The van der Waals surface area contributed by atoms with Crippen LogP contribution in [0, 0.1) is 0 Å². The van der Waals surface area contributed by atoms with Crippen LogP contribution in [-0.2, 0) is 13.1 Å². The molecule has 2 aromatic carbocycles. The van der Waals surface area contributed by atoms with E-state index in [1.54, 1.807) is 24.3 Å². The van der Waals surface area contributed by atoms with Crippen LogP contribution >= 0.6 is 0 Å². The number of carbonyl (C=O) groups is 2. The van der Waals surface area contributed by atoms with Gasteiger partial charge in [-0.15, -0.1) is 0 Å². The maximum Gasteiger partial charge on any atom is 1.00 e. The molecule has 0 aliphatic carbocycles. The Balaban J connectivity index is 0.00000264. The fraction of sp³-hybridized carbons (Fsp3) is 0.125. The van der Waals surface area contributed by atoms with Gasteiger partial charge in [0.15, 0.2) is 0 Å². The van der Waals surface area contributed by atoms with Crippen LogP contribution < -0.4 is 69.3 Å². The van der Waals surface area contributed by atoms with Gasteiger partial charge < -0.3 is 25.0 Å². The Labute approximate surface area is 183 Å². The van der Waals surface area contributed by atoms with Crippen molar-refractivity contribution in [2.75, 3.05) is 0 Å². The molecule has 0 spiro atoms. The van der Waals surface area contributed by atoms with Crippen molar-refractivity contribution in [3.63, 3.8) is 0 Å². The van der Waals surface area contributed by atoms with Crippen LogP contribution in [0.3, 0.4) is 0 Å². The fourth-order valence-corrected chi connectivity index (χ4v) is 1.97. The van der Waals surface area contributed by atoms with Gasteiger partial charge in [-0.2, -0.15) is 5.06 Å². The van der Waals surface area contributed by atoms with E-state index in [0.29, 0.717) is 0 Å². The number of rotatable bonds is 6. The average molecular weight is 345 g/mol. The summed E-state index contributed by atoms with van der Waals surface area (Å²) in [6.45, 7) is 0.408. The first-order valence-corrected chi connectivity index (χ1v) is 6.50. The third kappa shape index (κ3) is 7.04. The number of carboxylic acids is 2. The third-order valence-corrected chi connectivity index (χ3v) is 3.11. The van der Waals surface area contributed by atoms with E-state index in [4.69, 9.17) is 0 Å². The van der Waals surface area contributed by atoms with E-state index in [1.807, 2.05) is 0 Å². The molecular formula is C16H13NNa2O5. The molecule has 0 saturated carbocycles. The first-order valence-electron chi connectivity index (χ1n) is 6.50. The molecule has 8 heteroatoms. The normalized spacial score (nSPS) is 9.75. The number of aromatic carboxylic acids is 2. The van der Waals surface area contributed by atoms with Gasteiger partial charge in [0, 0.05) is 13.1 Å². The quantitative estimate of drug-likeness (QED) is 0.413. The van der Waals surface area contributed by atoms with Crippen LogP contribution in [0.25, 0.3) is 0 Å². The van der Waals surface area contributed by atoms with Gasteiger partial charge in [-0.3, -0.25) is 0 Å². The van der Waals surface area contributed by atoms with Gasteiger partial charge in [-0.05, 0) is 22.3 Å². The smallest absolute Gasteiger partial charge is 0.545 e. The first-order chi connectivity index (χ1) is 10.5. The number of carbonyl (C=O) groups excluding carboxylic acids is 2.